The SMILES string of the molecule is CC(NCC1(O)CCOCC1)C1CCOC1. The van der Waals surface area contributed by atoms with Gasteiger partial charge < -0.3 is 19.9 Å². The Morgan fingerprint density at radius 3 is 2.69 bits per heavy atom. The summed E-state index contributed by atoms with van der Waals surface area (Å²) in [5.74, 6) is 0.600. The Hall–Kier alpha value is -0.160. The van der Waals surface area contributed by atoms with Crippen LogP contribution in [0.3, 0.4) is 0 Å². The Kier molecular flexibility index (Phi) is 4.19. The molecule has 0 aromatic carbocycles. The molecule has 2 aliphatic heterocycles. The van der Waals surface area contributed by atoms with Crippen molar-refractivity contribution in [2.45, 2.75) is 37.8 Å². The Bertz CT molecular complexity index is 210. The molecule has 0 bridgehead atoms. The van der Waals surface area contributed by atoms with Gasteiger partial charge >= 0.3 is 0 Å². The molecule has 2 rings (SSSR count). The highest BCUT2D eigenvalue weighted by Gasteiger charge is 2.31. The van der Waals surface area contributed by atoms with Gasteiger partial charge in [0.2, 0.25) is 0 Å². The van der Waals surface area contributed by atoms with Gasteiger partial charge in [0.25, 0.3) is 0 Å². The lowest BCUT2D eigenvalue weighted by molar-refractivity contribution is -0.0632. The molecule has 2 atom stereocenters. The van der Waals surface area contributed by atoms with Gasteiger partial charge in [0.1, 0.15) is 0 Å². The molecule has 2 unspecified atom stereocenters. The van der Waals surface area contributed by atoms with Crippen LogP contribution < -0.4 is 5.32 Å². The standard InChI is InChI=1S/C12H23NO3/c1-10(11-2-5-16-8-11)13-9-12(14)3-6-15-7-4-12/h10-11,13-14H,2-9H2,1H3. The van der Waals surface area contributed by atoms with E-state index in [4.69, 9.17) is 9.47 Å². The third-order valence-electron chi connectivity index (χ3n) is 3.85. The molecule has 2 fully saturated rings. The summed E-state index contributed by atoms with van der Waals surface area (Å²) in [6.45, 7) is 5.96. The van der Waals surface area contributed by atoms with Crippen molar-refractivity contribution in [2.24, 2.45) is 5.92 Å². The predicted octanol–water partition coefficient (Wildman–Crippen LogP) is 0.542. The van der Waals surface area contributed by atoms with Crippen molar-refractivity contribution in [1.82, 2.24) is 5.32 Å². The smallest absolute Gasteiger partial charge is 0.0815 e. The topological polar surface area (TPSA) is 50.7 Å². The highest BCUT2D eigenvalue weighted by Crippen LogP contribution is 2.21. The van der Waals surface area contributed by atoms with E-state index in [1.165, 1.54) is 0 Å². The van der Waals surface area contributed by atoms with Crippen LogP contribution in [0.4, 0.5) is 0 Å². The molecule has 94 valence electrons. The van der Waals surface area contributed by atoms with Crippen LogP contribution in [0.15, 0.2) is 0 Å². The lowest BCUT2D eigenvalue weighted by Crippen LogP contribution is -2.48. The van der Waals surface area contributed by atoms with Crippen LogP contribution in [0.5, 0.6) is 0 Å². The maximum Gasteiger partial charge on any atom is 0.0815 e. The van der Waals surface area contributed by atoms with Gasteiger partial charge in [0.15, 0.2) is 0 Å². The summed E-state index contributed by atoms with van der Waals surface area (Å²) in [5, 5.41) is 13.7. The molecule has 0 radical (unpaired) electrons. The van der Waals surface area contributed by atoms with Crippen molar-refractivity contribution in [3.63, 3.8) is 0 Å². The monoisotopic (exact) mass is 229 g/mol. The molecule has 0 aromatic heterocycles. The average molecular weight is 229 g/mol. The van der Waals surface area contributed by atoms with E-state index in [-0.39, 0.29) is 0 Å². The Labute approximate surface area is 97.3 Å². The number of ether oxygens (including phenoxy) is 2. The second-order valence-corrected chi connectivity index (χ2v) is 5.13. The molecule has 0 spiro atoms. The van der Waals surface area contributed by atoms with Gasteiger partial charge in [-0.15, -0.1) is 0 Å². The zero-order valence-corrected chi connectivity index (χ0v) is 10.1. The van der Waals surface area contributed by atoms with Crippen LogP contribution in [0.2, 0.25) is 0 Å². The molecule has 4 nitrogen and oxygen atoms in total. The first-order valence-corrected chi connectivity index (χ1v) is 6.31. The molecule has 4 heteroatoms. The third-order valence-corrected chi connectivity index (χ3v) is 3.85. The number of hydrogen-bond donors (Lipinski definition) is 2. The van der Waals surface area contributed by atoms with Crippen LogP contribution in [-0.4, -0.2) is 49.7 Å². The third kappa shape index (κ3) is 3.17. The van der Waals surface area contributed by atoms with Crippen LogP contribution in [0.1, 0.15) is 26.2 Å². The van der Waals surface area contributed by atoms with Gasteiger partial charge in [-0.25, -0.2) is 0 Å². The largest absolute Gasteiger partial charge is 0.388 e. The molecule has 0 aromatic rings. The molecular formula is C12H23NO3. The maximum absolute atomic E-state index is 10.3. The Balaban J connectivity index is 1.72. The van der Waals surface area contributed by atoms with Gasteiger partial charge in [0.05, 0.1) is 12.2 Å². The first-order valence-electron chi connectivity index (χ1n) is 6.31. The molecule has 2 aliphatic rings. The fraction of sp³-hybridized carbons (Fsp3) is 1.00. The normalized spacial score (nSPS) is 31.5. The summed E-state index contributed by atoms with van der Waals surface area (Å²) >= 11 is 0. The van der Waals surface area contributed by atoms with Gasteiger partial charge in [-0.2, -0.15) is 0 Å². The fourth-order valence-electron chi connectivity index (χ4n) is 2.39. The first kappa shape index (κ1) is 12.3. The van der Waals surface area contributed by atoms with E-state index < -0.39 is 5.60 Å². The second-order valence-electron chi connectivity index (χ2n) is 5.13. The predicted molar refractivity (Wildman–Crippen MR) is 61.4 cm³/mol. The van der Waals surface area contributed by atoms with E-state index in [1.807, 2.05) is 0 Å². The molecular weight excluding hydrogens is 206 g/mol. The molecule has 2 saturated heterocycles. The van der Waals surface area contributed by atoms with Crippen LogP contribution in [-0.2, 0) is 9.47 Å². The number of nitrogens with one attached hydrogen (secondary N) is 1. The minimum atomic E-state index is -0.564. The molecule has 2 N–H and O–H groups in total. The fourth-order valence-corrected chi connectivity index (χ4v) is 2.39. The lowest BCUT2D eigenvalue weighted by Gasteiger charge is -2.34. The van der Waals surface area contributed by atoms with E-state index in [0.29, 0.717) is 31.7 Å². The van der Waals surface area contributed by atoms with Crippen molar-refractivity contribution in [3.05, 3.63) is 0 Å². The van der Waals surface area contributed by atoms with Crippen LogP contribution in [0.25, 0.3) is 0 Å². The van der Waals surface area contributed by atoms with Crippen molar-refractivity contribution < 1.29 is 14.6 Å². The molecule has 0 amide bonds. The van der Waals surface area contributed by atoms with Gasteiger partial charge in [-0.1, -0.05) is 0 Å². The van der Waals surface area contributed by atoms with Gasteiger partial charge in [-0.05, 0) is 19.3 Å². The second kappa shape index (κ2) is 5.45. The zero-order valence-electron chi connectivity index (χ0n) is 10.1. The quantitative estimate of drug-likeness (QED) is 0.739. The Morgan fingerprint density at radius 1 is 1.31 bits per heavy atom. The minimum Gasteiger partial charge on any atom is -0.388 e. The molecule has 0 aliphatic carbocycles. The summed E-state index contributed by atoms with van der Waals surface area (Å²) in [6.07, 6.45) is 2.62. The van der Waals surface area contributed by atoms with Crippen LogP contribution >= 0.6 is 0 Å². The van der Waals surface area contributed by atoms with E-state index in [1.54, 1.807) is 0 Å². The number of hydrogen-bond acceptors (Lipinski definition) is 4. The van der Waals surface area contributed by atoms with Crippen molar-refractivity contribution in [2.75, 3.05) is 33.0 Å². The first-order chi connectivity index (χ1) is 7.70. The summed E-state index contributed by atoms with van der Waals surface area (Å²) < 4.78 is 10.6. The summed E-state index contributed by atoms with van der Waals surface area (Å²) in [7, 11) is 0. The maximum atomic E-state index is 10.3. The van der Waals surface area contributed by atoms with Crippen LogP contribution in [0, 0.1) is 5.92 Å². The summed E-state index contributed by atoms with van der Waals surface area (Å²) in [5.41, 5.74) is -0.564. The van der Waals surface area contributed by atoms with E-state index >= 15 is 0 Å². The van der Waals surface area contributed by atoms with Crippen molar-refractivity contribution in [1.29, 1.82) is 0 Å². The van der Waals surface area contributed by atoms with Crippen molar-refractivity contribution >= 4 is 0 Å². The summed E-state index contributed by atoms with van der Waals surface area (Å²) in [6, 6.07) is 0.425. The van der Waals surface area contributed by atoms with E-state index in [2.05, 4.69) is 12.2 Å². The van der Waals surface area contributed by atoms with E-state index in [9.17, 15) is 5.11 Å². The molecule has 2 heterocycles. The zero-order chi connectivity index (χ0) is 11.4. The minimum absolute atomic E-state index is 0.425. The average Bonchev–Trinajstić information content (AvgIpc) is 2.80. The van der Waals surface area contributed by atoms with Gasteiger partial charge in [0, 0.05) is 45.2 Å². The molecule has 0 saturated carbocycles. The Morgan fingerprint density at radius 2 is 2.06 bits per heavy atom. The van der Waals surface area contributed by atoms with Crippen molar-refractivity contribution in [3.8, 4) is 0 Å². The summed E-state index contributed by atoms with van der Waals surface area (Å²) in [4.78, 5) is 0. The lowest BCUT2D eigenvalue weighted by atomic mass is 9.93. The highest BCUT2D eigenvalue weighted by atomic mass is 16.5. The van der Waals surface area contributed by atoms with Gasteiger partial charge in [-0.3, -0.25) is 0 Å². The highest BCUT2D eigenvalue weighted by molar-refractivity contribution is 4.86. The number of rotatable bonds is 4. The van der Waals surface area contributed by atoms with E-state index in [0.717, 1.165) is 32.5 Å². The molecule has 16 heavy (non-hydrogen) atoms. The number of aliphatic hydroxyl groups is 1.